The number of rotatable bonds is 7. The zero-order valence-electron chi connectivity index (χ0n) is 15.6. The smallest absolute Gasteiger partial charge is 0.252 e. The lowest BCUT2D eigenvalue weighted by atomic mass is 10.1. The Morgan fingerprint density at radius 3 is 2.61 bits per heavy atom. The van der Waals surface area contributed by atoms with Gasteiger partial charge >= 0.3 is 0 Å². The first-order valence-electron chi connectivity index (χ1n) is 9.04. The molecule has 0 bridgehead atoms. The number of sulfonamides is 1. The molecule has 0 radical (unpaired) electrons. The Kier molecular flexibility index (Phi) is 6.92. The molecule has 1 aliphatic rings. The third-order valence-electron chi connectivity index (χ3n) is 4.56. The molecule has 7 nitrogen and oxygen atoms in total. The van der Waals surface area contributed by atoms with E-state index in [1.807, 2.05) is 12.1 Å². The van der Waals surface area contributed by atoms with E-state index in [2.05, 4.69) is 15.2 Å². The average Bonchev–Trinajstić information content (AvgIpc) is 3.14. The number of carbonyl (C=O) groups excluding carboxylic acids is 1. The van der Waals surface area contributed by atoms with Gasteiger partial charge in [0.25, 0.3) is 10.0 Å². The molecule has 0 unspecified atom stereocenters. The molecule has 10 heteroatoms. The highest BCUT2D eigenvalue weighted by Crippen LogP contribution is 2.27. The van der Waals surface area contributed by atoms with Gasteiger partial charge in [-0.2, -0.15) is 4.31 Å². The molecule has 3 rings (SSSR count). The van der Waals surface area contributed by atoms with Crippen molar-refractivity contribution >= 4 is 44.7 Å². The summed E-state index contributed by atoms with van der Waals surface area (Å²) in [6.45, 7) is 2.08. The van der Waals surface area contributed by atoms with Gasteiger partial charge in [-0.05, 0) is 43.0 Å². The van der Waals surface area contributed by atoms with Crippen molar-refractivity contribution in [1.29, 1.82) is 0 Å². The summed E-state index contributed by atoms with van der Waals surface area (Å²) in [7, 11) is -2.35. The van der Waals surface area contributed by atoms with Gasteiger partial charge in [-0.25, -0.2) is 13.4 Å². The number of nitrogens with one attached hydrogen (secondary N) is 1. The van der Waals surface area contributed by atoms with Gasteiger partial charge in [-0.1, -0.05) is 17.7 Å². The number of nitrogens with zero attached hydrogens (tertiary/aromatic N) is 3. The number of hydrogen-bond acceptors (Lipinski definition) is 6. The van der Waals surface area contributed by atoms with Crippen LogP contribution in [0.15, 0.2) is 34.7 Å². The molecular weight excluding hydrogens is 420 g/mol. The molecule has 3 heterocycles. The van der Waals surface area contributed by atoms with E-state index < -0.39 is 10.0 Å². The molecule has 1 aliphatic heterocycles. The SMILES string of the molecule is CN(CC(=O)NCc1ccc(N2CCCCC2)nc1)S(=O)(=O)c1ccc(Cl)s1. The summed E-state index contributed by atoms with van der Waals surface area (Å²) in [6.07, 6.45) is 5.39. The summed E-state index contributed by atoms with van der Waals surface area (Å²) < 4.78 is 26.4. The minimum Gasteiger partial charge on any atom is -0.357 e. The van der Waals surface area contributed by atoms with Crippen molar-refractivity contribution in [2.24, 2.45) is 0 Å². The molecule has 2 aromatic heterocycles. The third kappa shape index (κ3) is 5.22. The van der Waals surface area contributed by atoms with Crippen LogP contribution in [0.1, 0.15) is 24.8 Å². The van der Waals surface area contributed by atoms with E-state index in [-0.39, 0.29) is 16.7 Å². The van der Waals surface area contributed by atoms with Gasteiger partial charge in [0.15, 0.2) is 0 Å². The maximum absolute atomic E-state index is 12.4. The molecule has 0 aliphatic carbocycles. The van der Waals surface area contributed by atoms with Gasteiger partial charge in [0, 0.05) is 32.9 Å². The van der Waals surface area contributed by atoms with Crippen molar-refractivity contribution in [2.75, 3.05) is 31.6 Å². The lowest BCUT2D eigenvalue weighted by Gasteiger charge is -2.27. The zero-order chi connectivity index (χ0) is 20.1. The predicted octanol–water partition coefficient (Wildman–Crippen LogP) is 2.72. The second-order valence-corrected chi connectivity index (χ2v) is 10.7. The third-order valence-corrected chi connectivity index (χ3v) is 8.06. The van der Waals surface area contributed by atoms with E-state index in [4.69, 9.17) is 11.6 Å². The molecular formula is C18H23ClN4O3S2. The lowest BCUT2D eigenvalue weighted by molar-refractivity contribution is -0.121. The Morgan fingerprint density at radius 2 is 2.00 bits per heavy atom. The van der Waals surface area contributed by atoms with E-state index in [0.29, 0.717) is 10.9 Å². The molecule has 1 saturated heterocycles. The van der Waals surface area contributed by atoms with Crippen LogP contribution >= 0.6 is 22.9 Å². The zero-order valence-corrected chi connectivity index (χ0v) is 18.0. The Bertz CT molecular complexity index is 909. The number of aromatic nitrogens is 1. The topological polar surface area (TPSA) is 82.6 Å². The highest BCUT2D eigenvalue weighted by atomic mass is 35.5. The fraction of sp³-hybridized carbons (Fsp3) is 0.444. The quantitative estimate of drug-likeness (QED) is 0.712. The maximum Gasteiger partial charge on any atom is 0.252 e. The molecule has 1 fully saturated rings. The van der Waals surface area contributed by atoms with Crippen LogP contribution in [0.2, 0.25) is 4.34 Å². The summed E-state index contributed by atoms with van der Waals surface area (Å²) in [5.74, 6) is 0.573. The number of halogens is 1. The predicted molar refractivity (Wildman–Crippen MR) is 111 cm³/mol. The molecule has 0 aromatic carbocycles. The van der Waals surface area contributed by atoms with Crippen LogP contribution in [-0.4, -0.2) is 50.3 Å². The van der Waals surface area contributed by atoms with Crippen molar-refractivity contribution in [3.05, 3.63) is 40.4 Å². The van der Waals surface area contributed by atoms with Gasteiger partial charge in [-0.3, -0.25) is 4.79 Å². The normalized spacial score (nSPS) is 15.0. The van der Waals surface area contributed by atoms with Gasteiger partial charge in [-0.15, -0.1) is 11.3 Å². The van der Waals surface area contributed by atoms with Crippen molar-refractivity contribution in [3.63, 3.8) is 0 Å². The number of piperidine rings is 1. The largest absolute Gasteiger partial charge is 0.357 e. The Labute approximate surface area is 174 Å². The van der Waals surface area contributed by atoms with Gasteiger partial charge in [0.05, 0.1) is 10.9 Å². The number of likely N-dealkylation sites (N-methyl/N-ethyl adjacent to an activating group) is 1. The number of hydrogen-bond donors (Lipinski definition) is 1. The Morgan fingerprint density at radius 1 is 1.25 bits per heavy atom. The van der Waals surface area contributed by atoms with Crippen molar-refractivity contribution in [3.8, 4) is 0 Å². The number of anilines is 1. The van der Waals surface area contributed by atoms with Gasteiger partial charge in [0.2, 0.25) is 5.91 Å². The highest BCUT2D eigenvalue weighted by molar-refractivity contribution is 7.91. The van der Waals surface area contributed by atoms with E-state index in [1.54, 1.807) is 6.20 Å². The van der Waals surface area contributed by atoms with Crippen LogP contribution in [0.5, 0.6) is 0 Å². The standard InChI is InChI=1S/C18H23ClN4O3S2/c1-22(28(25,26)18-8-6-15(19)27-18)13-17(24)21-12-14-5-7-16(20-11-14)23-9-3-2-4-10-23/h5-8,11H,2-4,9-10,12-13H2,1H3,(H,21,24). The Hall–Kier alpha value is -1.68. The summed E-state index contributed by atoms with van der Waals surface area (Å²) in [5.41, 5.74) is 0.865. The van der Waals surface area contributed by atoms with Crippen LogP contribution in [-0.2, 0) is 21.4 Å². The molecule has 1 N–H and O–H groups in total. The van der Waals surface area contributed by atoms with Crippen LogP contribution in [0, 0.1) is 0 Å². The average molecular weight is 443 g/mol. The first kappa shape index (κ1) is 21.0. The second kappa shape index (κ2) is 9.21. The summed E-state index contributed by atoms with van der Waals surface area (Å²) in [6, 6.07) is 6.86. The first-order valence-corrected chi connectivity index (χ1v) is 11.7. The molecule has 28 heavy (non-hydrogen) atoms. The lowest BCUT2D eigenvalue weighted by Crippen LogP contribution is -2.37. The molecule has 2 aromatic rings. The van der Waals surface area contributed by atoms with E-state index in [0.717, 1.165) is 40.1 Å². The fourth-order valence-corrected chi connectivity index (χ4v) is 5.79. The summed E-state index contributed by atoms with van der Waals surface area (Å²) in [4.78, 5) is 18.9. The second-order valence-electron chi connectivity index (χ2n) is 6.67. The van der Waals surface area contributed by atoms with E-state index in [9.17, 15) is 13.2 Å². The van der Waals surface area contributed by atoms with Gasteiger partial charge in [0.1, 0.15) is 10.0 Å². The first-order chi connectivity index (χ1) is 13.4. The molecule has 0 saturated carbocycles. The highest BCUT2D eigenvalue weighted by Gasteiger charge is 2.24. The van der Waals surface area contributed by atoms with Gasteiger partial charge < -0.3 is 10.2 Å². The number of pyridine rings is 1. The van der Waals surface area contributed by atoms with Crippen molar-refractivity contribution in [2.45, 2.75) is 30.0 Å². The van der Waals surface area contributed by atoms with Crippen LogP contribution in [0.25, 0.3) is 0 Å². The van der Waals surface area contributed by atoms with E-state index in [1.165, 1.54) is 38.4 Å². The van der Waals surface area contributed by atoms with Crippen LogP contribution in [0.3, 0.4) is 0 Å². The molecule has 152 valence electrons. The maximum atomic E-state index is 12.4. The van der Waals surface area contributed by atoms with E-state index >= 15 is 0 Å². The monoisotopic (exact) mass is 442 g/mol. The number of amides is 1. The Balaban J connectivity index is 1.51. The fourth-order valence-electron chi connectivity index (χ4n) is 2.97. The molecule has 0 atom stereocenters. The number of carbonyl (C=O) groups is 1. The number of thiophene rings is 1. The van der Waals surface area contributed by atoms with Crippen LogP contribution in [0.4, 0.5) is 5.82 Å². The summed E-state index contributed by atoms with van der Waals surface area (Å²) >= 11 is 6.77. The summed E-state index contributed by atoms with van der Waals surface area (Å²) in [5, 5.41) is 2.74. The van der Waals surface area contributed by atoms with Crippen LogP contribution < -0.4 is 10.2 Å². The molecule has 1 amide bonds. The minimum atomic E-state index is -3.73. The minimum absolute atomic E-state index is 0.116. The van der Waals surface area contributed by atoms with Crippen molar-refractivity contribution < 1.29 is 13.2 Å². The van der Waals surface area contributed by atoms with Crippen molar-refractivity contribution in [1.82, 2.24) is 14.6 Å². The molecule has 0 spiro atoms.